The first-order valence-corrected chi connectivity index (χ1v) is 12.7. The highest BCUT2D eigenvalue weighted by Crippen LogP contribution is 2.39. The van der Waals surface area contributed by atoms with Crippen LogP contribution in [0.4, 0.5) is 31.1 Å². The Morgan fingerprint density at radius 1 is 0.595 bits per heavy atom. The van der Waals surface area contributed by atoms with Crippen LogP contribution in [0, 0.1) is 0 Å². The van der Waals surface area contributed by atoms with E-state index in [-0.39, 0.29) is 30.6 Å². The molecule has 0 spiro atoms. The first kappa shape index (κ1) is 30.3. The molecule has 220 valence electrons. The minimum absolute atomic E-state index is 0.0950. The van der Waals surface area contributed by atoms with E-state index in [1.807, 2.05) is 30.3 Å². The SMILES string of the molecule is O=C(NCc1ccccc1)NCC(Cc1ccccc1)(c1cccc(OC(F)(F)F)c1)c1cccc(OC(F)(F)F)c1. The van der Waals surface area contributed by atoms with Crippen molar-refractivity contribution in [2.45, 2.75) is 31.1 Å². The molecular formula is C31H26F6N2O3. The number of rotatable bonds is 10. The maximum Gasteiger partial charge on any atom is 0.573 e. The molecule has 0 saturated heterocycles. The van der Waals surface area contributed by atoms with Gasteiger partial charge in [0, 0.05) is 18.5 Å². The first-order valence-electron chi connectivity index (χ1n) is 12.7. The van der Waals surface area contributed by atoms with Gasteiger partial charge in [-0.25, -0.2) is 4.79 Å². The van der Waals surface area contributed by atoms with Crippen molar-refractivity contribution in [3.05, 3.63) is 131 Å². The van der Waals surface area contributed by atoms with Crippen LogP contribution in [0.3, 0.4) is 0 Å². The van der Waals surface area contributed by atoms with E-state index in [9.17, 15) is 31.1 Å². The zero-order chi connectivity index (χ0) is 30.2. The number of carbonyl (C=O) groups excluding carboxylic acids is 1. The topological polar surface area (TPSA) is 59.6 Å². The summed E-state index contributed by atoms with van der Waals surface area (Å²) in [5.74, 6) is -1.04. The minimum atomic E-state index is -4.98. The molecular weight excluding hydrogens is 562 g/mol. The van der Waals surface area contributed by atoms with Gasteiger partial charge in [0.25, 0.3) is 0 Å². The summed E-state index contributed by atoms with van der Waals surface area (Å²) < 4.78 is 87.0. The van der Waals surface area contributed by atoms with Gasteiger partial charge in [-0.15, -0.1) is 26.3 Å². The highest BCUT2D eigenvalue weighted by atomic mass is 19.4. The van der Waals surface area contributed by atoms with Gasteiger partial charge in [0.2, 0.25) is 0 Å². The Balaban J connectivity index is 1.78. The molecule has 4 aromatic carbocycles. The molecule has 0 radical (unpaired) electrons. The normalized spacial score (nSPS) is 12.0. The number of nitrogens with one attached hydrogen (secondary N) is 2. The second-order valence-electron chi connectivity index (χ2n) is 9.42. The zero-order valence-electron chi connectivity index (χ0n) is 22.0. The van der Waals surface area contributed by atoms with Crippen LogP contribution in [0.5, 0.6) is 11.5 Å². The summed E-state index contributed by atoms with van der Waals surface area (Å²) in [5, 5.41) is 5.50. The van der Waals surface area contributed by atoms with Crippen LogP contribution in [0.25, 0.3) is 0 Å². The number of carbonyl (C=O) groups is 1. The van der Waals surface area contributed by atoms with E-state index < -0.39 is 35.7 Å². The third kappa shape index (κ3) is 8.66. The van der Waals surface area contributed by atoms with E-state index >= 15 is 0 Å². The Kier molecular flexibility index (Phi) is 9.29. The van der Waals surface area contributed by atoms with Gasteiger partial charge in [0.15, 0.2) is 0 Å². The van der Waals surface area contributed by atoms with Crippen molar-refractivity contribution in [1.82, 2.24) is 10.6 Å². The number of hydrogen-bond donors (Lipinski definition) is 2. The second kappa shape index (κ2) is 12.9. The molecule has 0 aromatic heterocycles. The lowest BCUT2D eigenvalue weighted by atomic mass is 9.70. The molecule has 0 aliphatic carbocycles. The molecule has 2 amide bonds. The van der Waals surface area contributed by atoms with Crippen LogP contribution < -0.4 is 20.1 Å². The van der Waals surface area contributed by atoms with Gasteiger partial charge in [0.1, 0.15) is 11.5 Å². The molecule has 5 nitrogen and oxygen atoms in total. The number of halogens is 6. The smallest absolute Gasteiger partial charge is 0.406 e. The summed E-state index contributed by atoms with van der Waals surface area (Å²) in [7, 11) is 0. The molecule has 0 saturated carbocycles. The van der Waals surface area contributed by atoms with E-state index in [1.165, 1.54) is 24.3 Å². The summed E-state index contributed by atoms with van der Waals surface area (Å²) in [4.78, 5) is 12.9. The van der Waals surface area contributed by atoms with E-state index in [0.717, 1.165) is 29.8 Å². The quantitative estimate of drug-likeness (QED) is 0.189. The summed E-state index contributed by atoms with van der Waals surface area (Å²) in [6.07, 6.45) is -9.86. The molecule has 4 rings (SSSR count). The number of urea groups is 1. The van der Waals surface area contributed by atoms with Crippen molar-refractivity contribution in [3.63, 3.8) is 0 Å². The maximum atomic E-state index is 13.1. The Morgan fingerprint density at radius 3 is 1.55 bits per heavy atom. The van der Waals surface area contributed by atoms with Crippen molar-refractivity contribution in [2.75, 3.05) is 6.54 Å². The summed E-state index contributed by atoms with van der Waals surface area (Å²) in [5.41, 5.74) is 0.716. The molecule has 0 fully saturated rings. The number of alkyl halides is 6. The van der Waals surface area contributed by atoms with E-state index in [4.69, 9.17) is 0 Å². The third-order valence-electron chi connectivity index (χ3n) is 6.44. The predicted molar refractivity (Wildman–Crippen MR) is 144 cm³/mol. The molecule has 0 aliphatic heterocycles. The molecule has 42 heavy (non-hydrogen) atoms. The zero-order valence-corrected chi connectivity index (χ0v) is 22.0. The molecule has 0 bridgehead atoms. The van der Waals surface area contributed by atoms with E-state index in [1.54, 1.807) is 30.3 Å². The van der Waals surface area contributed by atoms with Gasteiger partial charge < -0.3 is 20.1 Å². The fraction of sp³-hybridized carbons (Fsp3) is 0.194. The Labute approximate surface area is 238 Å². The Bertz CT molecular complexity index is 1400. The number of benzene rings is 4. The van der Waals surface area contributed by atoms with Gasteiger partial charge in [0.05, 0.1) is 0 Å². The van der Waals surface area contributed by atoms with Crippen molar-refractivity contribution in [2.24, 2.45) is 0 Å². The molecule has 0 unspecified atom stereocenters. The average molecular weight is 589 g/mol. The molecule has 11 heteroatoms. The van der Waals surface area contributed by atoms with Crippen molar-refractivity contribution < 1.29 is 40.6 Å². The van der Waals surface area contributed by atoms with Crippen LogP contribution in [0.1, 0.15) is 22.3 Å². The number of amides is 2. The lowest BCUT2D eigenvalue weighted by molar-refractivity contribution is -0.275. The minimum Gasteiger partial charge on any atom is -0.406 e. The molecule has 4 aromatic rings. The highest BCUT2D eigenvalue weighted by Gasteiger charge is 2.38. The van der Waals surface area contributed by atoms with Gasteiger partial charge >= 0.3 is 18.8 Å². The van der Waals surface area contributed by atoms with E-state index in [2.05, 4.69) is 20.1 Å². The Hall–Kier alpha value is -4.67. The predicted octanol–water partition coefficient (Wildman–Crippen LogP) is 7.51. The monoisotopic (exact) mass is 588 g/mol. The second-order valence-corrected chi connectivity index (χ2v) is 9.42. The lowest BCUT2D eigenvalue weighted by Gasteiger charge is -2.36. The van der Waals surface area contributed by atoms with Gasteiger partial charge in [-0.3, -0.25) is 0 Å². The van der Waals surface area contributed by atoms with Crippen molar-refractivity contribution in [3.8, 4) is 11.5 Å². The van der Waals surface area contributed by atoms with Crippen LogP contribution in [-0.2, 0) is 18.4 Å². The van der Waals surface area contributed by atoms with Gasteiger partial charge in [-0.05, 0) is 52.9 Å². The van der Waals surface area contributed by atoms with Crippen LogP contribution >= 0.6 is 0 Å². The number of hydrogen-bond acceptors (Lipinski definition) is 3. The fourth-order valence-electron chi connectivity index (χ4n) is 4.64. The molecule has 0 heterocycles. The average Bonchev–Trinajstić information content (AvgIpc) is 2.94. The maximum absolute atomic E-state index is 13.1. The fourth-order valence-corrected chi connectivity index (χ4v) is 4.64. The van der Waals surface area contributed by atoms with E-state index in [0.29, 0.717) is 5.56 Å². The third-order valence-corrected chi connectivity index (χ3v) is 6.44. The van der Waals surface area contributed by atoms with Gasteiger partial charge in [-0.1, -0.05) is 84.9 Å². The standard InChI is InChI=1S/C31H26F6N2O3/c32-30(33,34)41-26-15-7-13-24(17-26)29(19-22-9-3-1-4-10-22,25-14-8-16-27(18-25)42-31(35,36)37)21-39-28(40)38-20-23-11-5-2-6-12-23/h1-18H,19-21H2,(H2,38,39,40). The largest absolute Gasteiger partial charge is 0.573 e. The molecule has 0 aliphatic rings. The summed E-state index contributed by atoms with van der Waals surface area (Å²) in [6, 6.07) is 27.7. The summed E-state index contributed by atoms with van der Waals surface area (Å²) >= 11 is 0. The van der Waals surface area contributed by atoms with Crippen LogP contribution in [-0.4, -0.2) is 25.3 Å². The molecule has 2 N–H and O–H groups in total. The highest BCUT2D eigenvalue weighted by molar-refractivity contribution is 5.74. The van der Waals surface area contributed by atoms with Crippen LogP contribution in [0.2, 0.25) is 0 Å². The lowest BCUT2D eigenvalue weighted by Crippen LogP contribution is -2.46. The Morgan fingerprint density at radius 2 is 1.07 bits per heavy atom. The van der Waals surface area contributed by atoms with Crippen LogP contribution in [0.15, 0.2) is 109 Å². The molecule has 0 atom stereocenters. The number of ether oxygens (including phenoxy) is 2. The van der Waals surface area contributed by atoms with Gasteiger partial charge in [-0.2, -0.15) is 0 Å². The van der Waals surface area contributed by atoms with Crippen molar-refractivity contribution in [1.29, 1.82) is 0 Å². The summed E-state index contributed by atoms with van der Waals surface area (Å²) in [6.45, 7) is -0.00433. The van der Waals surface area contributed by atoms with Crippen molar-refractivity contribution >= 4 is 6.03 Å². The first-order chi connectivity index (χ1) is 19.9.